The molecule has 1 aromatic rings. The van der Waals surface area contributed by atoms with Gasteiger partial charge in [0, 0.05) is 18.1 Å². The van der Waals surface area contributed by atoms with Gasteiger partial charge in [-0.1, -0.05) is 43.5 Å². The molecule has 0 atom stereocenters. The standard InChI is InChI=1S/C17H20N4O/c1-4-12-10-21(11(3)22)15-9-7-6-8-14(15)16(18)17(20-19)13(12)5-2/h4-9,20H,1-2,10,18-19H2,3H3/b13-12-,17-16-. The molecule has 5 heteroatoms. The highest BCUT2D eigenvalue weighted by Gasteiger charge is 2.23. The molecule has 5 N–H and O–H groups in total. The van der Waals surface area contributed by atoms with Gasteiger partial charge < -0.3 is 16.1 Å². The molecule has 0 aromatic heterocycles. The smallest absolute Gasteiger partial charge is 0.224 e. The van der Waals surface area contributed by atoms with Crippen LogP contribution in [0.4, 0.5) is 5.69 Å². The van der Waals surface area contributed by atoms with Crippen LogP contribution >= 0.6 is 0 Å². The van der Waals surface area contributed by atoms with E-state index in [-0.39, 0.29) is 5.91 Å². The van der Waals surface area contributed by atoms with Crippen LogP contribution in [-0.4, -0.2) is 12.5 Å². The molecule has 0 fully saturated rings. The van der Waals surface area contributed by atoms with E-state index in [0.717, 1.165) is 22.4 Å². The Bertz CT molecular complexity index is 700. The summed E-state index contributed by atoms with van der Waals surface area (Å²) in [5.41, 5.74) is 13.0. The molecule has 0 saturated carbocycles. The highest BCUT2D eigenvalue weighted by atomic mass is 16.2. The first-order valence-corrected chi connectivity index (χ1v) is 6.87. The van der Waals surface area contributed by atoms with E-state index in [1.165, 1.54) is 6.92 Å². The summed E-state index contributed by atoms with van der Waals surface area (Å²) in [6, 6.07) is 7.45. The lowest BCUT2D eigenvalue weighted by molar-refractivity contribution is -0.116. The first-order valence-electron chi connectivity index (χ1n) is 6.87. The lowest BCUT2D eigenvalue weighted by Gasteiger charge is -2.29. The van der Waals surface area contributed by atoms with Gasteiger partial charge >= 0.3 is 0 Å². The molecule has 1 heterocycles. The second-order valence-electron chi connectivity index (χ2n) is 4.90. The lowest BCUT2D eigenvalue weighted by Crippen LogP contribution is -2.35. The summed E-state index contributed by atoms with van der Waals surface area (Å²) in [6.07, 6.45) is 3.34. The molecule has 2 rings (SSSR count). The minimum absolute atomic E-state index is 0.0767. The Kier molecular flexibility index (Phi) is 4.48. The average molecular weight is 296 g/mol. The van der Waals surface area contributed by atoms with Gasteiger partial charge in [-0.3, -0.25) is 10.6 Å². The summed E-state index contributed by atoms with van der Waals surface area (Å²) in [5, 5.41) is 0. The molecule has 1 aliphatic rings. The van der Waals surface area contributed by atoms with Crippen LogP contribution in [0.15, 0.2) is 66.4 Å². The zero-order valence-corrected chi connectivity index (χ0v) is 12.6. The summed E-state index contributed by atoms with van der Waals surface area (Å²) in [5.74, 6) is 5.59. The number of amides is 1. The minimum Gasteiger partial charge on any atom is -0.396 e. The molecule has 0 radical (unpaired) electrons. The summed E-state index contributed by atoms with van der Waals surface area (Å²) in [7, 11) is 0. The molecule has 0 bridgehead atoms. The van der Waals surface area contributed by atoms with Crippen LogP contribution in [0.2, 0.25) is 0 Å². The number of nitrogens with zero attached hydrogens (tertiary/aromatic N) is 1. The molecule has 0 aliphatic carbocycles. The number of hydrogen-bond acceptors (Lipinski definition) is 4. The molecule has 0 unspecified atom stereocenters. The average Bonchev–Trinajstić information content (AvgIpc) is 2.52. The topological polar surface area (TPSA) is 84.4 Å². The van der Waals surface area contributed by atoms with Gasteiger partial charge in [0.15, 0.2) is 0 Å². The summed E-state index contributed by atoms with van der Waals surface area (Å²) < 4.78 is 0. The number of allylic oxidation sites excluding steroid dienone is 1. The summed E-state index contributed by atoms with van der Waals surface area (Å²) in [6.45, 7) is 9.53. The van der Waals surface area contributed by atoms with Crippen LogP contribution in [0.3, 0.4) is 0 Å². The van der Waals surface area contributed by atoms with E-state index in [4.69, 9.17) is 11.6 Å². The fraction of sp³-hybridized carbons (Fsp3) is 0.118. The van der Waals surface area contributed by atoms with Crippen LogP contribution in [0.1, 0.15) is 12.5 Å². The highest BCUT2D eigenvalue weighted by Crippen LogP contribution is 2.32. The van der Waals surface area contributed by atoms with Crippen LogP contribution < -0.4 is 21.9 Å². The van der Waals surface area contributed by atoms with Gasteiger partial charge in [-0.2, -0.15) is 0 Å². The van der Waals surface area contributed by atoms with Crippen LogP contribution in [0.25, 0.3) is 5.70 Å². The van der Waals surface area contributed by atoms with Crippen LogP contribution in [0.5, 0.6) is 0 Å². The molecule has 114 valence electrons. The molecule has 0 saturated heterocycles. The van der Waals surface area contributed by atoms with Crippen molar-refractivity contribution in [3.8, 4) is 0 Å². The number of hydrogen-bond donors (Lipinski definition) is 3. The van der Waals surface area contributed by atoms with Crippen molar-refractivity contribution in [2.75, 3.05) is 11.4 Å². The second kappa shape index (κ2) is 6.32. The zero-order chi connectivity index (χ0) is 16.3. The number of hydrazine groups is 1. The van der Waals surface area contributed by atoms with Crippen molar-refractivity contribution in [3.63, 3.8) is 0 Å². The molecule has 1 aliphatic heterocycles. The molecule has 5 nitrogen and oxygen atoms in total. The van der Waals surface area contributed by atoms with Crippen molar-refractivity contribution in [1.82, 2.24) is 5.43 Å². The highest BCUT2D eigenvalue weighted by molar-refractivity contribution is 5.96. The maximum absolute atomic E-state index is 12.1. The SMILES string of the molecule is C=C/C1=C(C=C)/C(NN)=C(/N)c2ccccc2N(C(C)=O)C1. The van der Waals surface area contributed by atoms with E-state index in [0.29, 0.717) is 17.9 Å². The van der Waals surface area contributed by atoms with E-state index in [2.05, 4.69) is 18.6 Å². The maximum Gasteiger partial charge on any atom is 0.224 e. The van der Waals surface area contributed by atoms with E-state index < -0.39 is 0 Å². The third-order valence-corrected chi connectivity index (χ3v) is 3.67. The largest absolute Gasteiger partial charge is 0.396 e. The molecule has 1 amide bonds. The Labute approximate surface area is 130 Å². The van der Waals surface area contributed by atoms with Gasteiger partial charge in [0.25, 0.3) is 0 Å². The van der Waals surface area contributed by atoms with E-state index in [9.17, 15) is 4.79 Å². The molecule has 0 spiro atoms. The molecule has 22 heavy (non-hydrogen) atoms. The third-order valence-electron chi connectivity index (χ3n) is 3.67. The molecule has 1 aromatic carbocycles. The Morgan fingerprint density at radius 2 is 2.00 bits per heavy atom. The number of rotatable bonds is 3. The minimum atomic E-state index is -0.0767. The third kappa shape index (κ3) is 2.54. The Morgan fingerprint density at radius 1 is 1.32 bits per heavy atom. The Hall–Kier alpha value is -2.79. The Morgan fingerprint density at radius 3 is 2.55 bits per heavy atom. The van der Waals surface area contributed by atoms with Crippen LogP contribution in [0, 0.1) is 0 Å². The van der Waals surface area contributed by atoms with Gasteiger partial charge in [-0.15, -0.1) is 0 Å². The normalized spacial score (nSPS) is 21.5. The number of carbonyl (C=O) groups excluding carboxylic acids is 1. The van der Waals surface area contributed by atoms with Gasteiger partial charge in [-0.05, 0) is 11.6 Å². The van der Waals surface area contributed by atoms with E-state index in [1.807, 2.05) is 24.3 Å². The van der Waals surface area contributed by atoms with E-state index >= 15 is 0 Å². The van der Waals surface area contributed by atoms with Gasteiger partial charge in [-0.25, -0.2) is 0 Å². The fourth-order valence-electron chi connectivity index (χ4n) is 2.56. The molecular formula is C17H20N4O. The predicted octanol–water partition coefficient (Wildman–Crippen LogP) is 1.81. The number of para-hydroxylation sites is 1. The first-order chi connectivity index (χ1) is 10.5. The first kappa shape index (κ1) is 15.6. The van der Waals surface area contributed by atoms with Gasteiger partial charge in [0.05, 0.1) is 23.6 Å². The number of benzene rings is 1. The van der Waals surface area contributed by atoms with Crippen molar-refractivity contribution in [1.29, 1.82) is 0 Å². The monoisotopic (exact) mass is 296 g/mol. The zero-order valence-electron chi connectivity index (χ0n) is 12.6. The fourth-order valence-corrected chi connectivity index (χ4v) is 2.56. The van der Waals surface area contributed by atoms with Crippen molar-refractivity contribution in [3.05, 3.63) is 72.0 Å². The lowest BCUT2D eigenvalue weighted by atomic mass is 9.96. The Balaban J connectivity index is 2.85. The van der Waals surface area contributed by atoms with Crippen molar-refractivity contribution >= 4 is 17.3 Å². The summed E-state index contributed by atoms with van der Waals surface area (Å²) >= 11 is 0. The second-order valence-corrected chi connectivity index (χ2v) is 4.90. The number of carbonyl (C=O) groups is 1. The van der Waals surface area contributed by atoms with E-state index in [1.54, 1.807) is 17.1 Å². The van der Waals surface area contributed by atoms with Gasteiger partial charge in [0.1, 0.15) is 0 Å². The number of nitrogens with one attached hydrogen (secondary N) is 1. The van der Waals surface area contributed by atoms with Crippen molar-refractivity contribution in [2.45, 2.75) is 6.92 Å². The van der Waals surface area contributed by atoms with Crippen LogP contribution in [-0.2, 0) is 4.79 Å². The number of fused-ring (bicyclic) bond motifs is 1. The van der Waals surface area contributed by atoms with Crippen molar-refractivity contribution < 1.29 is 4.79 Å². The summed E-state index contributed by atoms with van der Waals surface area (Å²) in [4.78, 5) is 13.7. The van der Waals surface area contributed by atoms with Gasteiger partial charge in [0.2, 0.25) is 5.91 Å². The predicted molar refractivity (Wildman–Crippen MR) is 90.3 cm³/mol. The number of anilines is 1. The maximum atomic E-state index is 12.1. The number of nitrogens with two attached hydrogens (primary N) is 2. The molecular weight excluding hydrogens is 276 g/mol. The van der Waals surface area contributed by atoms with Crippen molar-refractivity contribution in [2.24, 2.45) is 11.6 Å². The quantitative estimate of drug-likeness (QED) is 0.587.